The molecule has 36 heavy (non-hydrogen) atoms. The number of ether oxygens (including phenoxy) is 2. The Balaban J connectivity index is 1.95. The number of aryl methyl sites for hydroxylation is 1. The van der Waals surface area contributed by atoms with Crippen molar-refractivity contribution in [2.24, 2.45) is 0 Å². The molecule has 0 amide bonds. The van der Waals surface area contributed by atoms with Gasteiger partial charge >= 0.3 is 5.97 Å². The van der Waals surface area contributed by atoms with E-state index in [2.05, 4.69) is 4.72 Å². The zero-order valence-corrected chi connectivity index (χ0v) is 22.3. The molecule has 188 valence electrons. The van der Waals surface area contributed by atoms with Crippen LogP contribution >= 0.6 is 11.6 Å². The first-order valence-electron chi connectivity index (χ1n) is 11.3. The molecular weight excluding hydrogens is 500 g/mol. The molecule has 7 nitrogen and oxygen atoms in total. The Hall–Kier alpha value is -3.49. The second-order valence-electron chi connectivity index (χ2n) is 8.34. The van der Waals surface area contributed by atoms with Crippen LogP contribution in [0.15, 0.2) is 59.5 Å². The molecule has 0 saturated heterocycles. The lowest BCUT2D eigenvalue weighted by Crippen LogP contribution is -2.14. The summed E-state index contributed by atoms with van der Waals surface area (Å²) in [5, 5.41) is 1.04. The van der Waals surface area contributed by atoms with Gasteiger partial charge in [0.2, 0.25) is 0 Å². The molecule has 0 spiro atoms. The van der Waals surface area contributed by atoms with Gasteiger partial charge in [-0.15, -0.1) is 0 Å². The van der Waals surface area contributed by atoms with Gasteiger partial charge in [-0.3, -0.25) is 4.72 Å². The number of sulfonamides is 1. The topological polar surface area (TPSA) is 86.6 Å². The summed E-state index contributed by atoms with van der Waals surface area (Å²) in [6, 6.07) is 15.1. The third-order valence-corrected chi connectivity index (χ3v) is 7.87. The highest BCUT2D eigenvalue weighted by molar-refractivity contribution is 7.92. The molecule has 4 rings (SSSR count). The number of hydrogen-bond donors (Lipinski definition) is 1. The molecule has 0 radical (unpaired) electrons. The first-order valence-corrected chi connectivity index (χ1v) is 13.2. The fourth-order valence-electron chi connectivity index (χ4n) is 4.29. The highest BCUT2D eigenvalue weighted by Gasteiger charge is 2.26. The SMILES string of the molecule is CCOC(=O)c1c(C)n(-c2ccc(OC)cc2)c2c(C)c(C)c(NS(=O)(=O)c3ccc(Cl)cc3)cc12. The Bertz CT molecular complexity index is 1560. The van der Waals surface area contributed by atoms with Gasteiger partial charge in [-0.2, -0.15) is 0 Å². The lowest BCUT2D eigenvalue weighted by atomic mass is 10.0. The van der Waals surface area contributed by atoms with Crippen LogP contribution in [0.2, 0.25) is 5.02 Å². The van der Waals surface area contributed by atoms with Crippen LogP contribution < -0.4 is 9.46 Å². The minimum atomic E-state index is -3.89. The number of esters is 1. The van der Waals surface area contributed by atoms with Crippen LogP contribution in [0.3, 0.4) is 0 Å². The van der Waals surface area contributed by atoms with Crippen molar-refractivity contribution >= 4 is 44.2 Å². The number of hydrogen-bond acceptors (Lipinski definition) is 5. The monoisotopic (exact) mass is 526 g/mol. The molecular formula is C27H27ClN2O5S. The van der Waals surface area contributed by atoms with Crippen molar-refractivity contribution in [3.8, 4) is 11.4 Å². The van der Waals surface area contributed by atoms with Crippen LogP contribution in [0.4, 0.5) is 5.69 Å². The molecule has 0 fully saturated rings. The van der Waals surface area contributed by atoms with Gasteiger partial charge in [-0.1, -0.05) is 11.6 Å². The number of methoxy groups -OCH3 is 1. The Morgan fingerprint density at radius 1 is 1.00 bits per heavy atom. The summed E-state index contributed by atoms with van der Waals surface area (Å²) in [5.41, 5.74) is 4.66. The van der Waals surface area contributed by atoms with E-state index in [0.717, 1.165) is 22.3 Å². The molecule has 9 heteroatoms. The zero-order valence-electron chi connectivity index (χ0n) is 20.7. The van der Waals surface area contributed by atoms with Crippen molar-refractivity contribution in [3.63, 3.8) is 0 Å². The van der Waals surface area contributed by atoms with Crippen LogP contribution in [0.5, 0.6) is 5.75 Å². The number of nitrogens with zero attached hydrogens (tertiary/aromatic N) is 1. The lowest BCUT2D eigenvalue weighted by molar-refractivity contribution is 0.0527. The predicted molar refractivity (Wildman–Crippen MR) is 142 cm³/mol. The molecule has 1 aromatic heterocycles. The van der Waals surface area contributed by atoms with Crippen molar-refractivity contribution < 1.29 is 22.7 Å². The van der Waals surface area contributed by atoms with E-state index in [0.29, 0.717) is 33.1 Å². The first-order chi connectivity index (χ1) is 17.1. The lowest BCUT2D eigenvalue weighted by Gasteiger charge is -2.16. The van der Waals surface area contributed by atoms with Gasteiger partial charge in [0.1, 0.15) is 5.75 Å². The molecule has 1 N–H and O–H groups in total. The van der Waals surface area contributed by atoms with Crippen molar-refractivity contribution in [1.82, 2.24) is 4.57 Å². The summed E-state index contributed by atoms with van der Waals surface area (Å²) in [6.45, 7) is 7.57. The largest absolute Gasteiger partial charge is 0.497 e. The first kappa shape index (κ1) is 25.6. The number of rotatable bonds is 7. The van der Waals surface area contributed by atoms with E-state index in [1.54, 1.807) is 20.1 Å². The second kappa shape index (κ2) is 9.87. The minimum Gasteiger partial charge on any atom is -0.497 e. The Morgan fingerprint density at radius 3 is 2.22 bits per heavy atom. The maximum absolute atomic E-state index is 13.1. The summed E-state index contributed by atoms with van der Waals surface area (Å²) in [5.74, 6) is 0.243. The van der Waals surface area contributed by atoms with E-state index in [4.69, 9.17) is 21.1 Å². The van der Waals surface area contributed by atoms with Crippen molar-refractivity contribution in [1.29, 1.82) is 0 Å². The number of anilines is 1. The number of nitrogens with one attached hydrogen (secondary N) is 1. The van der Waals surface area contributed by atoms with E-state index in [1.165, 1.54) is 24.3 Å². The average molecular weight is 527 g/mol. The minimum absolute atomic E-state index is 0.0849. The van der Waals surface area contributed by atoms with Crippen molar-refractivity contribution in [2.45, 2.75) is 32.6 Å². The smallest absolute Gasteiger partial charge is 0.340 e. The third-order valence-electron chi connectivity index (χ3n) is 6.23. The van der Waals surface area contributed by atoms with E-state index in [9.17, 15) is 13.2 Å². The quantitative estimate of drug-likeness (QED) is 0.290. The van der Waals surface area contributed by atoms with Crippen molar-refractivity contribution in [2.75, 3.05) is 18.4 Å². The molecule has 0 aliphatic rings. The van der Waals surface area contributed by atoms with Gasteiger partial charge in [-0.05, 0) is 93.4 Å². The normalized spacial score (nSPS) is 11.5. The average Bonchev–Trinajstić information content (AvgIpc) is 3.14. The van der Waals surface area contributed by atoms with Gasteiger partial charge < -0.3 is 14.0 Å². The van der Waals surface area contributed by atoms with E-state index in [1.807, 2.05) is 49.6 Å². The number of benzene rings is 3. The molecule has 0 aliphatic carbocycles. The maximum Gasteiger partial charge on any atom is 0.340 e. The number of aromatic nitrogens is 1. The van der Waals surface area contributed by atoms with Gasteiger partial charge in [0.15, 0.2) is 0 Å². The summed E-state index contributed by atoms with van der Waals surface area (Å²) in [4.78, 5) is 13.1. The van der Waals surface area contributed by atoms with E-state index in [-0.39, 0.29) is 11.5 Å². The van der Waals surface area contributed by atoms with E-state index < -0.39 is 16.0 Å². The molecule has 0 unspecified atom stereocenters. The van der Waals surface area contributed by atoms with Crippen molar-refractivity contribution in [3.05, 3.63) is 82.0 Å². The van der Waals surface area contributed by atoms with Gasteiger partial charge in [0.25, 0.3) is 10.0 Å². The molecule has 3 aromatic carbocycles. The molecule has 1 heterocycles. The number of carbonyl (C=O) groups excluding carboxylic acids is 1. The number of carbonyl (C=O) groups is 1. The standard InChI is InChI=1S/C27H27ClN2O5S/c1-6-35-27(31)25-18(4)30(20-9-11-21(34-5)12-10-20)26-17(3)16(2)24(15-23(25)26)29-36(32,33)22-13-7-19(28)8-14-22/h7-15,29H,6H2,1-5H3. The fourth-order valence-corrected chi connectivity index (χ4v) is 5.53. The fraction of sp³-hybridized carbons (Fsp3) is 0.222. The van der Waals surface area contributed by atoms with Crippen LogP contribution in [-0.4, -0.2) is 32.7 Å². The number of halogens is 1. The summed E-state index contributed by atoms with van der Waals surface area (Å²) < 4.78 is 41.6. The molecule has 0 atom stereocenters. The summed E-state index contributed by atoms with van der Waals surface area (Å²) in [6.07, 6.45) is 0. The Morgan fingerprint density at radius 2 is 1.64 bits per heavy atom. The summed E-state index contributed by atoms with van der Waals surface area (Å²) >= 11 is 5.92. The maximum atomic E-state index is 13.1. The summed E-state index contributed by atoms with van der Waals surface area (Å²) in [7, 11) is -2.29. The third kappa shape index (κ3) is 4.54. The molecule has 0 aliphatic heterocycles. The van der Waals surface area contributed by atoms with E-state index >= 15 is 0 Å². The Labute approximate surface area is 215 Å². The molecule has 0 bridgehead atoms. The second-order valence-corrected chi connectivity index (χ2v) is 10.5. The molecule has 0 saturated carbocycles. The highest BCUT2D eigenvalue weighted by Crippen LogP contribution is 2.37. The van der Waals surface area contributed by atoms with Gasteiger partial charge in [0.05, 0.1) is 35.4 Å². The van der Waals surface area contributed by atoms with Crippen LogP contribution in [-0.2, 0) is 14.8 Å². The van der Waals surface area contributed by atoms with Crippen LogP contribution in [0, 0.1) is 20.8 Å². The van der Waals surface area contributed by atoms with Gasteiger partial charge in [-0.25, -0.2) is 13.2 Å². The van der Waals surface area contributed by atoms with Crippen LogP contribution in [0.25, 0.3) is 16.6 Å². The predicted octanol–water partition coefficient (Wildman–Crippen LogP) is 6.20. The number of fused-ring (bicyclic) bond motifs is 1. The highest BCUT2D eigenvalue weighted by atomic mass is 35.5. The zero-order chi connectivity index (χ0) is 26.2. The Kier molecular flexibility index (Phi) is 7.02. The van der Waals surface area contributed by atoms with Crippen LogP contribution in [0.1, 0.15) is 34.1 Å². The van der Waals surface area contributed by atoms with Gasteiger partial charge in [0, 0.05) is 21.8 Å². The molecule has 4 aromatic rings.